The van der Waals surface area contributed by atoms with Crippen molar-refractivity contribution in [1.29, 1.82) is 0 Å². The van der Waals surface area contributed by atoms with Crippen LogP contribution in [0.15, 0.2) is 36.4 Å². The molecule has 1 amide bonds. The number of amides is 1. The molecule has 0 saturated carbocycles. The number of hydrogen-bond donors (Lipinski definition) is 2. The number of rotatable bonds is 5. The van der Waals surface area contributed by atoms with E-state index in [2.05, 4.69) is 46.8 Å². The number of aryl methyl sites for hydroxylation is 2. The van der Waals surface area contributed by atoms with Gasteiger partial charge in [0.15, 0.2) is 0 Å². The lowest BCUT2D eigenvalue weighted by Gasteiger charge is -2.08. The molecule has 0 bridgehead atoms. The Labute approximate surface area is 125 Å². The minimum absolute atomic E-state index is 0.0865. The molecule has 0 saturated heterocycles. The smallest absolute Gasteiger partial charge is 0.251 e. The number of nitrogens with zero attached hydrogens (tertiary/aromatic N) is 1. The molecule has 0 fully saturated rings. The van der Waals surface area contributed by atoms with E-state index >= 15 is 0 Å². The molecular formula is C17H21N3O. The van der Waals surface area contributed by atoms with Crippen molar-refractivity contribution >= 4 is 11.7 Å². The summed E-state index contributed by atoms with van der Waals surface area (Å²) >= 11 is 0. The summed E-state index contributed by atoms with van der Waals surface area (Å²) in [7, 11) is 1.79. The number of benzene rings is 1. The third kappa shape index (κ3) is 4.05. The normalized spacial score (nSPS) is 10.2. The fraction of sp³-hybridized carbons (Fsp3) is 0.294. The van der Waals surface area contributed by atoms with Crippen LogP contribution in [-0.2, 0) is 13.0 Å². The standard InChI is InChI=1S/C17H21N3O/c1-4-13-5-7-14(8-6-13)11-19-17(21)15-9-12(2)20-16(10-15)18-3/h5-10H,4,11H2,1-3H3,(H,18,20)(H,19,21). The maximum atomic E-state index is 12.2. The minimum atomic E-state index is -0.0865. The lowest BCUT2D eigenvalue weighted by atomic mass is 10.1. The van der Waals surface area contributed by atoms with Crippen LogP contribution in [0, 0.1) is 6.92 Å². The van der Waals surface area contributed by atoms with Gasteiger partial charge in [0.2, 0.25) is 0 Å². The monoisotopic (exact) mass is 283 g/mol. The molecule has 4 heteroatoms. The average molecular weight is 283 g/mol. The van der Waals surface area contributed by atoms with Gasteiger partial charge in [0.1, 0.15) is 5.82 Å². The molecule has 0 radical (unpaired) electrons. The Morgan fingerprint density at radius 3 is 2.43 bits per heavy atom. The van der Waals surface area contributed by atoms with Crippen LogP contribution in [0.25, 0.3) is 0 Å². The van der Waals surface area contributed by atoms with E-state index in [1.54, 1.807) is 19.2 Å². The van der Waals surface area contributed by atoms with E-state index < -0.39 is 0 Å². The molecule has 0 aliphatic rings. The topological polar surface area (TPSA) is 54.0 Å². The molecule has 0 aliphatic carbocycles. The molecule has 0 aliphatic heterocycles. The first kappa shape index (κ1) is 15.0. The molecule has 21 heavy (non-hydrogen) atoms. The molecule has 1 heterocycles. The molecule has 2 N–H and O–H groups in total. The summed E-state index contributed by atoms with van der Waals surface area (Å²) < 4.78 is 0. The molecular weight excluding hydrogens is 262 g/mol. The number of carbonyl (C=O) groups is 1. The van der Waals surface area contributed by atoms with E-state index in [0.29, 0.717) is 17.9 Å². The molecule has 1 aromatic carbocycles. The predicted molar refractivity (Wildman–Crippen MR) is 85.5 cm³/mol. The molecule has 0 unspecified atom stereocenters. The van der Waals surface area contributed by atoms with Crippen molar-refractivity contribution < 1.29 is 4.79 Å². The highest BCUT2D eigenvalue weighted by Gasteiger charge is 2.08. The van der Waals surface area contributed by atoms with Crippen LogP contribution in [-0.4, -0.2) is 17.9 Å². The van der Waals surface area contributed by atoms with Gasteiger partial charge in [0.05, 0.1) is 0 Å². The van der Waals surface area contributed by atoms with Crippen molar-refractivity contribution in [3.05, 3.63) is 58.8 Å². The third-order valence-electron chi connectivity index (χ3n) is 3.36. The maximum Gasteiger partial charge on any atom is 0.251 e. The van der Waals surface area contributed by atoms with Gasteiger partial charge in [0.25, 0.3) is 5.91 Å². The van der Waals surface area contributed by atoms with Gasteiger partial charge in [-0.3, -0.25) is 4.79 Å². The van der Waals surface area contributed by atoms with Crippen molar-refractivity contribution in [1.82, 2.24) is 10.3 Å². The number of carbonyl (C=O) groups excluding carboxylic acids is 1. The van der Waals surface area contributed by atoms with Crippen LogP contribution in [0.4, 0.5) is 5.82 Å². The van der Waals surface area contributed by atoms with Gasteiger partial charge in [-0.15, -0.1) is 0 Å². The molecule has 4 nitrogen and oxygen atoms in total. The van der Waals surface area contributed by atoms with Gasteiger partial charge in [-0.05, 0) is 36.6 Å². The van der Waals surface area contributed by atoms with Gasteiger partial charge >= 0.3 is 0 Å². The summed E-state index contributed by atoms with van der Waals surface area (Å²) in [6, 6.07) is 11.8. The molecule has 0 spiro atoms. The lowest BCUT2D eigenvalue weighted by molar-refractivity contribution is 0.0950. The highest BCUT2D eigenvalue weighted by molar-refractivity contribution is 5.94. The lowest BCUT2D eigenvalue weighted by Crippen LogP contribution is -2.23. The Hall–Kier alpha value is -2.36. The van der Waals surface area contributed by atoms with Crippen LogP contribution in [0.1, 0.15) is 34.1 Å². The molecule has 0 atom stereocenters. The maximum absolute atomic E-state index is 12.2. The second-order valence-corrected chi connectivity index (χ2v) is 4.99. The Morgan fingerprint density at radius 2 is 1.81 bits per heavy atom. The number of aromatic nitrogens is 1. The second-order valence-electron chi connectivity index (χ2n) is 4.99. The first-order chi connectivity index (χ1) is 10.1. The zero-order chi connectivity index (χ0) is 15.2. The number of anilines is 1. The summed E-state index contributed by atoms with van der Waals surface area (Å²) in [5.74, 6) is 0.615. The van der Waals surface area contributed by atoms with Crippen molar-refractivity contribution in [3.63, 3.8) is 0 Å². The Balaban J connectivity index is 2.02. The molecule has 1 aromatic heterocycles. The first-order valence-electron chi connectivity index (χ1n) is 7.15. The Bertz CT molecular complexity index is 620. The summed E-state index contributed by atoms with van der Waals surface area (Å²) in [4.78, 5) is 16.5. The highest BCUT2D eigenvalue weighted by atomic mass is 16.1. The molecule has 110 valence electrons. The third-order valence-corrected chi connectivity index (χ3v) is 3.36. The van der Waals surface area contributed by atoms with E-state index in [9.17, 15) is 4.79 Å². The number of nitrogens with one attached hydrogen (secondary N) is 2. The van der Waals surface area contributed by atoms with Crippen molar-refractivity contribution in [2.45, 2.75) is 26.8 Å². The van der Waals surface area contributed by atoms with E-state index in [0.717, 1.165) is 17.7 Å². The van der Waals surface area contributed by atoms with E-state index in [-0.39, 0.29) is 5.91 Å². The van der Waals surface area contributed by atoms with Gasteiger partial charge < -0.3 is 10.6 Å². The summed E-state index contributed by atoms with van der Waals surface area (Å²) in [5, 5.41) is 5.90. The Kier molecular flexibility index (Phi) is 4.93. The van der Waals surface area contributed by atoms with Gasteiger partial charge in [-0.25, -0.2) is 4.98 Å². The zero-order valence-electron chi connectivity index (χ0n) is 12.7. The average Bonchev–Trinajstić information content (AvgIpc) is 2.52. The number of hydrogen-bond acceptors (Lipinski definition) is 3. The quantitative estimate of drug-likeness (QED) is 0.887. The van der Waals surface area contributed by atoms with E-state index in [1.807, 2.05) is 6.92 Å². The molecule has 2 rings (SSSR count). The summed E-state index contributed by atoms with van der Waals surface area (Å²) in [6.45, 7) is 4.53. The zero-order valence-corrected chi connectivity index (χ0v) is 12.7. The van der Waals surface area contributed by atoms with Crippen LogP contribution >= 0.6 is 0 Å². The predicted octanol–water partition coefficient (Wildman–Crippen LogP) is 2.92. The fourth-order valence-electron chi connectivity index (χ4n) is 2.10. The van der Waals surface area contributed by atoms with E-state index in [4.69, 9.17) is 0 Å². The van der Waals surface area contributed by atoms with Crippen molar-refractivity contribution in [3.8, 4) is 0 Å². The Morgan fingerprint density at radius 1 is 1.14 bits per heavy atom. The van der Waals surface area contributed by atoms with Crippen LogP contribution < -0.4 is 10.6 Å². The van der Waals surface area contributed by atoms with Crippen LogP contribution in [0.5, 0.6) is 0 Å². The van der Waals surface area contributed by atoms with Gasteiger partial charge in [-0.1, -0.05) is 31.2 Å². The van der Waals surface area contributed by atoms with Crippen LogP contribution in [0.3, 0.4) is 0 Å². The second kappa shape index (κ2) is 6.88. The first-order valence-corrected chi connectivity index (χ1v) is 7.15. The summed E-state index contributed by atoms with van der Waals surface area (Å²) in [5.41, 5.74) is 3.84. The van der Waals surface area contributed by atoms with Crippen molar-refractivity contribution in [2.75, 3.05) is 12.4 Å². The largest absolute Gasteiger partial charge is 0.373 e. The fourth-order valence-corrected chi connectivity index (χ4v) is 2.10. The number of pyridine rings is 1. The van der Waals surface area contributed by atoms with Gasteiger partial charge in [-0.2, -0.15) is 0 Å². The SMILES string of the molecule is CCc1ccc(CNC(=O)c2cc(C)nc(NC)c2)cc1. The van der Waals surface area contributed by atoms with Gasteiger partial charge in [0, 0.05) is 24.8 Å². The summed E-state index contributed by atoms with van der Waals surface area (Å²) in [6.07, 6.45) is 1.02. The van der Waals surface area contributed by atoms with Crippen LogP contribution in [0.2, 0.25) is 0 Å². The van der Waals surface area contributed by atoms with E-state index in [1.165, 1.54) is 5.56 Å². The minimum Gasteiger partial charge on any atom is -0.373 e. The highest BCUT2D eigenvalue weighted by Crippen LogP contribution is 2.10. The molecule has 2 aromatic rings. The van der Waals surface area contributed by atoms with Crippen molar-refractivity contribution in [2.24, 2.45) is 0 Å².